The van der Waals surface area contributed by atoms with Crippen molar-refractivity contribution in [2.75, 3.05) is 0 Å². The molecule has 0 saturated carbocycles. The maximum Gasteiger partial charge on any atom is 0.115 e. The van der Waals surface area contributed by atoms with Gasteiger partial charge in [-0.3, -0.25) is 0 Å². The number of rotatable bonds is 4. The zero-order valence-electron chi connectivity index (χ0n) is 7.77. The van der Waals surface area contributed by atoms with Crippen molar-refractivity contribution in [3.63, 3.8) is 0 Å². The van der Waals surface area contributed by atoms with Crippen LogP contribution in [0.15, 0.2) is 30.9 Å². The SMILES string of the molecule is C=C(C)CCC(O)c1cncnc1. The molecule has 1 aromatic rings. The van der Waals surface area contributed by atoms with Gasteiger partial charge in [-0.2, -0.15) is 0 Å². The lowest BCUT2D eigenvalue weighted by Crippen LogP contribution is -1.98. The molecule has 70 valence electrons. The first-order chi connectivity index (χ1) is 6.20. The molecule has 0 bridgehead atoms. The van der Waals surface area contributed by atoms with Gasteiger partial charge < -0.3 is 5.11 Å². The number of hydrogen-bond donors (Lipinski definition) is 1. The molecule has 1 unspecified atom stereocenters. The van der Waals surface area contributed by atoms with Crippen LogP contribution < -0.4 is 0 Å². The third-order valence-electron chi connectivity index (χ3n) is 1.81. The van der Waals surface area contributed by atoms with Gasteiger partial charge in [-0.05, 0) is 19.8 Å². The molecular weight excluding hydrogens is 164 g/mol. The largest absolute Gasteiger partial charge is 0.388 e. The molecular formula is C10H14N2O. The van der Waals surface area contributed by atoms with Crippen molar-refractivity contribution in [3.8, 4) is 0 Å². The molecule has 0 fully saturated rings. The van der Waals surface area contributed by atoms with E-state index in [0.29, 0.717) is 6.42 Å². The van der Waals surface area contributed by atoms with Gasteiger partial charge in [-0.25, -0.2) is 9.97 Å². The third-order valence-corrected chi connectivity index (χ3v) is 1.81. The first-order valence-corrected chi connectivity index (χ1v) is 4.27. The Morgan fingerprint density at radius 1 is 1.54 bits per heavy atom. The zero-order chi connectivity index (χ0) is 9.68. The second-order valence-electron chi connectivity index (χ2n) is 3.18. The molecule has 0 saturated heterocycles. The molecule has 1 heterocycles. The van der Waals surface area contributed by atoms with E-state index in [9.17, 15) is 5.11 Å². The summed E-state index contributed by atoms with van der Waals surface area (Å²) in [4.78, 5) is 7.68. The van der Waals surface area contributed by atoms with Crippen LogP contribution in [0.25, 0.3) is 0 Å². The van der Waals surface area contributed by atoms with Crippen LogP contribution in [0.3, 0.4) is 0 Å². The summed E-state index contributed by atoms with van der Waals surface area (Å²) >= 11 is 0. The van der Waals surface area contributed by atoms with Crippen molar-refractivity contribution in [2.45, 2.75) is 25.9 Å². The Morgan fingerprint density at radius 3 is 2.69 bits per heavy atom. The summed E-state index contributed by atoms with van der Waals surface area (Å²) in [6.07, 6.45) is 5.76. The fourth-order valence-electron chi connectivity index (χ4n) is 1.03. The van der Waals surface area contributed by atoms with Crippen LogP contribution in [0.1, 0.15) is 31.4 Å². The Morgan fingerprint density at radius 2 is 2.15 bits per heavy atom. The van der Waals surface area contributed by atoms with E-state index in [0.717, 1.165) is 17.6 Å². The summed E-state index contributed by atoms with van der Waals surface area (Å²) in [5, 5.41) is 9.65. The van der Waals surface area contributed by atoms with Gasteiger partial charge in [0.1, 0.15) is 6.33 Å². The first kappa shape index (κ1) is 9.86. The molecule has 0 aliphatic carbocycles. The van der Waals surface area contributed by atoms with Gasteiger partial charge in [0.2, 0.25) is 0 Å². The molecule has 0 radical (unpaired) electrons. The Labute approximate surface area is 78.2 Å². The molecule has 3 nitrogen and oxygen atoms in total. The minimum Gasteiger partial charge on any atom is -0.388 e. The summed E-state index contributed by atoms with van der Waals surface area (Å²) in [5.74, 6) is 0. The van der Waals surface area contributed by atoms with E-state index >= 15 is 0 Å². The first-order valence-electron chi connectivity index (χ1n) is 4.27. The number of aliphatic hydroxyl groups excluding tert-OH is 1. The highest BCUT2D eigenvalue weighted by Crippen LogP contribution is 2.17. The highest BCUT2D eigenvalue weighted by atomic mass is 16.3. The van der Waals surface area contributed by atoms with Crippen molar-refractivity contribution >= 4 is 0 Å². The van der Waals surface area contributed by atoms with Crippen LogP contribution in [0.4, 0.5) is 0 Å². The van der Waals surface area contributed by atoms with Crippen molar-refractivity contribution in [2.24, 2.45) is 0 Å². The summed E-state index contributed by atoms with van der Waals surface area (Å²) in [6.45, 7) is 5.73. The van der Waals surface area contributed by atoms with Crippen LogP contribution in [-0.2, 0) is 0 Å². The predicted octanol–water partition coefficient (Wildman–Crippen LogP) is 1.87. The fraction of sp³-hybridized carbons (Fsp3) is 0.400. The summed E-state index contributed by atoms with van der Waals surface area (Å²) < 4.78 is 0. The van der Waals surface area contributed by atoms with Crippen molar-refractivity contribution in [1.82, 2.24) is 9.97 Å². The summed E-state index contributed by atoms with van der Waals surface area (Å²) in [5.41, 5.74) is 1.85. The molecule has 0 amide bonds. The average Bonchev–Trinajstić information content (AvgIpc) is 2.15. The van der Waals surface area contributed by atoms with E-state index in [1.165, 1.54) is 6.33 Å². The van der Waals surface area contributed by atoms with Crippen LogP contribution >= 0.6 is 0 Å². The lowest BCUT2D eigenvalue weighted by atomic mass is 10.1. The zero-order valence-corrected chi connectivity index (χ0v) is 7.77. The Balaban J connectivity index is 2.49. The molecule has 0 aliphatic rings. The molecule has 0 aromatic carbocycles. The van der Waals surface area contributed by atoms with E-state index in [2.05, 4.69) is 16.5 Å². The van der Waals surface area contributed by atoms with Crippen LogP contribution in [0, 0.1) is 0 Å². The summed E-state index contributed by atoms with van der Waals surface area (Å²) in [7, 11) is 0. The Bertz CT molecular complexity index is 272. The number of aromatic nitrogens is 2. The number of nitrogens with zero attached hydrogens (tertiary/aromatic N) is 2. The van der Waals surface area contributed by atoms with Gasteiger partial charge in [-0.15, -0.1) is 6.58 Å². The Hall–Kier alpha value is -1.22. The maximum atomic E-state index is 9.65. The maximum absolute atomic E-state index is 9.65. The van der Waals surface area contributed by atoms with Gasteiger partial charge >= 0.3 is 0 Å². The minimum atomic E-state index is -0.474. The van der Waals surface area contributed by atoms with Crippen LogP contribution in [0.5, 0.6) is 0 Å². The highest BCUT2D eigenvalue weighted by molar-refractivity contribution is 5.07. The van der Waals surface area contributed by atoms with Crippen molar-refractivity contribution < 1.29 is 5.11 Å². The Kier molecular flexibility index (Phi) is 3.58. The second kappa shape index (κ2) is 4.72. The van der Waals surface area contributed by atoms with E-state index in [1.807, 2.05) is 6.92 Å². The topological polar surface area (TPSA) is 46.0 Å². The highest BCUT2D eigenvalue weighted by Gasteiger charge is 2.06. The third kappa shape index (κ3) is 3.34. The van der Waals surface area contributed by atoms with E-state index < -0.39 is 6.10 Å². The fourth-order valence-corrected chi connectivity index (χ4v) is 1.03. The van der Waals surface area contributed by atoms with Gasteiger partial charge in [0.05, 0.1) is 6.10 Å². The molecule has 1 rings (SSSR count). The van der Waals surface area contributed by atoms with Gasteiger partial charge in [0.25, 0.3) is 0 Å². The lowest BCUT2D eigenvalue weighted by molar-refractivity contribution is 0.167. The quantitative estimate of drug-likeness (QED) is 0.716. The van der Waals surface area contributed by atoms with Gasteiger partial charge in [0.15, 0.2) is 0 Å². The molecule has 1 N–H and O–H groups in total. The van der Waals surface area contributed by atoms with E-state index in [-0.39, 0.29) is 0 Å². The predicted molar refractivity (Wildman–Crippen MR) is 51.0 cm³/mol. The summed E-state index contributed by atoms with van der Waals surface area (Å²) in [6, 6.07) is 0. The number of allylic oxidation sites excluding steroid dienone is 1. The monoisotopic (exact) mass is 178 g/mol. The van der Waals surface area contributed by atoms with Crippen molar-refractivity contribution in [1.29, 1.82) is 0 Å². The van der Waals surface area contributed by atoms with E-state index in [1.54, 1.807) is 12.4 Å². The minimum absolute atomic E-state index is 0.474. The number of hydrogen-bond acceptors (Lipinski definition) is 3. The van der Waals surface area contributed by atoms with Gasteiger partial charge in [0, 0.05) is 18.0 Å². The van der Waals surface area contributed by atoms with Crippen molar-refractivity contribution in [3.05, 3.63) is 36.4 Å². The normalized spacial score (nSPS) is 12.5. The molecule has 0 spiro atoms. The molecule has 1 atom stereocenters. The molecule has 13 heavy (non-hydrogen) atoms. The van der Waals surface area contributed by atoms with E-state index in [4.69, 9.17) is 0 Å². The standard InChI is InChI=1S/C10H14N2O/c1-8(2)3-4-10(13)9-5-11-7-12-6-9/h5-7,10,13H,1,3-4H2,2H3. The molecule has 1 aromatic heterocycles. The van der Waals surface area contributed by atoms with Gasteiger partial charge in [-0.1, -0.05) is 5.57 Å². The lowest BCUT2D eigenvalue weighted by Gasteiger charge is -2.08. The molecule has 3 heteroatoms. The van der Waals surface area contributed by atoms with Crippen LogP contribution in [0.2, 0.25) is 0 Å². The molecule has 0 aliphatic heterocycles. The smallest absolute Gasteiger partial charge is 0.115 e. The average molecular weight is 178 g/mol. The number of aliphatic hydroxyl groups is 1. The second-order valence-corrected chi connectivity index (χ2v) is 3.18. The van der Waals surface area contributed by atoms with Crippen LogP contribution in [-0.4, -0.2) is 15.1 Å².